The minimum atomic E-state index is -0.0190. The first-order chi connectivity index (χ1) is 10.2. The van der Waals surface area contributed by atoms with Gasteiger partial charge in [-0.2, -0.15) is 0 Å². The molecular weight excluding hydrogens is 268 g/mol. The van der Waals surface area contributed by atoms with Crippen molar-refractivity contribution in [2.24, 2.45) is 5.73 Å². The Kier molecular flexibility index (Phi) is 3.66. The molecule has 0 amide bonds. The summed E-state index contributed by atoms with van der Waals surface area (Å²) in [6, 6.07) is 9.46. The van der Waals surface area contributed by atoms with Crippen molar-refractivity contribution in [2.45, 2.75) is 26.4 Å². The first kappa shape index (κ1) is 13.7. The number of nitrogens with two attached hydrogens (primary N) is 1. The lowest BCUT2D eigenvalue weighted by Gasteiger charge is -2.14. The number of fused-ring (bicyclic) bond motifs is 1. The van der Waals surface area contributed by atoms with E-state index in [2.05, 4.69) is 0 Å². The van der Waals surface area contributed by atoms with Gasteiger partial charge in [-0.1, -0.05) is 13.0 Å². The van der Waals surface area contributed by atoms with Gasteiger partial charge in [0.25, 0.3) is 5.56 Å². The molecule has 2 heterocycles. The van der Waals surface area contributed by atoms with Gasteiger partial charge in [-0.05, 0) is 30.7 Å². The van der Waals surface area contributed by atoms with Gasteiger partial charge in [-0.3, -0.25) is 4.79 Å². The normalized spacial score (nSPS) is 12.7. The van der Waals surface area contributed by atoms with Crippen LogP contribution in [-0.4, -0.2) is 11.4 Å². The zero-order chi connectivity index (χ0) is 14.8. The Morgan fingerprint density at radius 1 is 1.19 bits per heavy atom. The standard InChI is InChI=1S/C16H18N2O3/c1-2-7-18-13(5-3-12(9-17)16(18)19)11-4-6-14-15(8-11)21-10-20-14/h3-6,8H,2,7,9-10,17H2,1H3. The summed E-state index contributed by atoms with van der Waals surface area (Å²) in [6.07, 6.45) is 0.880. The maximum atomic E-state index is 12.4. The molecule has 0 unspecified atom stereocenters. The minimum absolute atomic E-state index is 0.0190. The minimum Gasteiger partial charge on any atom is -0.454 e. The summed E-state index contributed by atoms with van der Waals surface area (Å²) >= 11 is 0. The fourth-order valence-corrected chi connectivity index (χ4v) is 2.53. The van der Waals surface area contributed by atoms with Crippen LogP contribution in [0.4, 0.5) is 0 Å². The van der Waals surface area contributed by atoms with Crippen LogP contribution in [0.2, 0.25) is 0 Å². The summed E-state index contributed by atoms with van der Waals surface area (Å²) in [5.41, 5.74) is 8.05. The highest BCUT2D eigenvalue weighted by atomic mass is 16.7. The van der Waals surface area contributed by atoms with E-state index in [9.17, 15) is 4.79 Å². The van der Waals surface area contributed by atoms with Gasteiger partial charge in [0.2, 0.25) is 6.79 Å². The number of pyridine rings is 1. The van der Waals surface area contributed by atoms with Gasteiger partial charge in [0.15, 0.2) is 11.5 Å². The Balaban J connectivity index is 2.13. The fourth-order valence-electron chi connectivity index (χ4n) is 2.53. The quantitative estimate of drug-likeness (QED) is 0.935. The first-order valence-electron chi connectivity index (χ1n) is 7.07. The summed E-state index contributed by atoms with van der Waals surface area (Å²) in [4.78, 5) is 12.4. The molecule has 2 aromatic rings. The lowest BCUT2D eigenvalue weighted by Crippen LogP contribution is -2.26. The van der Waals surface area contributed by atoms with E-state index in [-0.39, 0.29) is 18.9 Å². The highest BCUT2D eigenvalue weighted by Crippen LogP contribution is 2.35. The van der Waals surface area contributed by atoms with Crippen molar-refractivity contribution in [3.8, 4) is 22.8 Å². The lowest BCUT2D eigenvalue weighted by molar-refractivity contribution is 0.174. The zero-order valence-electron chi connectivity index (χ0n) is 12.0. The van der Waals surface area contributed by atoms with E-state index in [1.54, 1.807) is 10.6 Å². The summed E-state index contributed by atoms with van der Waals surface area (Å²) in [6.45, 7) is 3.21. The van der Waals surface area contributed by atoms with Crippen LogP contribution in [0.5, 0.6) is 11.5 Å². The molecule has 0 atom stereocenters. The molecule has 0 radical (unpaired) electrons. The number of hydrogen-bond donors (Lipinski definition) is 1. The topological polar surface area (TPSA) is 66.5 Å². The van der Waals surface area contributed by atoms with E-state index in [4.69, 9.17) is 15.2 Å². The Labute approximate surface area is 122 Å². The Morgan fingerprint density at radius 2 is 2.00 bits per heavy atom. The highest BCUT2D eigenvalue weighted by Gasteiger charge is 2.16. The molecule has 0 saturated heterocycles. The number of rotatable bonds is 4. The average molecular weight is 286 g/mol. The largest absolute Gasteiger partial charge is 0.454 e. The summed E-state index contributed by atoms with van der Waals surface area (Å²) in [7, 11) is 0. The van der Waals surface area contributed by atoms with Crippen LogP contribution in [0.25, 0.3) is 11.3 Å². The van der Waals surface area contributed by atoms with Gasteiger partial charge >= 0.3 is 0 Å². The van der Waals surface area contributed by atoms with Crippen LogP contribution in [0.15, 0.2) is 35.1 Å². The van der Waals surface area contributed by atoms with E-state index < -0.39 is 0 Å². The molecule has 0 fully saturated rings. The molecule has 1 aromatic carbocycles. The van der Waals surface area contributed by atoms with Gasteiger partial charge < -0.3 is 19.8 Å². The molecule has 2 N–H and O–H groups in total. The first-order valence-corrected chi connectivity index (χ1v) is 7.07. The highest BCUT2D eigenvalue weighted by molar-refractivity contribution is 5.65. The number of nitrogens with zero attached hydrogens (tertiary/aromatic N) is 1. The Hall–Kier alpha value is -2.27. The third kappa shape index (κ3) is 2.40. The molecule has 0 spiro atoms. The maximum Gasteiger partial charge on any atom is 0.255 e. The Bertz CT molecular complexity index is 722. The monoisotopic (exact) mass is 286 g/mol. The van der Waals surface area contributed by atoms with Crippen molar-refractivity contribution in [1.29, 1.82) is 0 Å². The molecule has 0 aliphatic carbocycles. The van der Waals surface area contributed by atoms with E-state index in [0.29, 0.717) is 17.9 Å². The smallest absolute Gasteiger partial charge is 0.255 e. The number of aromatic nitrogens is 1. The predicted octanol–water partition coefficient (Wildman–Crippen LogP) is 2.11. The van der Waals surface area contributed by atoms with Gasteiger partial charge in [-0.25, -0.2) is 0 Å². The summed E-state index contributed by atoms with van der Waals surface area (Å²) < 4.78 is 12.5. The molecule has 0 saturated carbocycles. The van der Waals surface area contributed by atoms with Crippen LogP contribution < -0.4 is 20.8 Å². The molecule has 1 aromatic heterocycles. The molecule has 110 valence electrons. The lowest BCUT2D eigenvalue weighted by atomic mass is 10.1. The van der Waals surface area contributed by atoms with Crippen LogP contribution in [0.1, 0.15) is 18.9 Å². The molecule has 5 nitrogen and oxygen atoms in total. The number of benzene rings is 1. The zero-order valence-corrected chi connectivity index (χ0v) is 12.0. The van der Waals surface area contributed by atoms with Gasteiger partial charge in [0.1, 0.15) is 0 Å². The Morgan fingerprint density at radius 3 is 2.76 bits per heavy atom. The second-order valence-electron chi connectivity index (χ2n) is 4.97. The van der Waals surface area contributed by atoms with Crippen molar-refractivity contribution in [2.75, 3.05) is 6.79 Å². The van der Waals surface area contributed by atoms with Crippen molar-refractivity contribution in [1.82, 2.24) is 4.57 Å². The third-order valence-electron chi connectivity index (χ3n) is 3.59. The molecule has 5 heteroatoms. The van der Waals surface area contributed by atoms with E-state index >= 15 is 0 Å². The van der Waals surface area contributed by atoms with Crippen LogP contribution in [-0.2, 0) is 13.1 Å². The molecule has 21 heavy (non-hydrogen) atoms. The SMILES string of the molecule is CCCn1c(-c2ccc3c(c2)OCO3)ccc(CN)c1=O. The van der Waals surface area contributed by atoms with Gasteiger partial charge in [0, 0.05) is 24.2 Å². The van der Waals surface area contributed by atoms with Crippen molar-refractivity contribution >= 4 is 0 Å². The predicted molar refractivity (Wildman–Crippen MR) is 80.4 cm³/mol. The van der Waals surface area contributed by atoms with Gasteiger partial charge in [-0.15, -0.1) is 0 Å². The summed E-state index contributed by atoms with van der Waals surface area (Å²) in [5, 5.41) is 0. The fraction of sp³-hybridized carbons (Fsp3) is 0.312. The average Bonchev–Trinajstić information content (AvgIpc) is 2.97. The second kappa shape index (κ2) is 5.61. The van der Waals surface area contributed by atoms with Crippen molar-refractivity contribution in [3.05, 3.63) is 46.2 Å². The van der Waals surface area contributed by atoms with Gasteiger partial charge in [0.05, 0.1) is 5.69 Å². The molecule has 1 aliphatic heterocycles. The molecule has 0 bridgehead atoms. The van der Waals surface area contributed by atoms with Crippen LogP contribution in [0.3, 0.4) is 0 Å². The molecule has 1 aliphatic rings. The number of ether oxygens (including phenoxy) is 2. The molecular formula is C16H18N2O3. The molecule has 3 rings (SSSR count). The third-order valence-corrected chi connectivity index (χ3v) is 3.59. The summed E-state index contributed by atoms with van der Waals surface area (Å²) in [5.74, 6) is 1.45. The van der Waals surface area contributed by atoms with E-state index in [1.165, 1.54) is 0 Å². The maximum absolute atomic E-state index is 12.4. The van der Waals surface area contributed by atoms with Crippen LogP contribution in [0, 0.1) is 0 Å². The van der Waals surface area contributed by atoms with Crippen molar-refractivity contribution in [3.63, 3.8) is 0 Å². The second-order valence-corrected chi connectivity index (χ2v) is 4.97. The van der Waals surface area contributed by atoms with Crippen LogP contribution >= 0.6 is 0 Å². The van der Waals surface area contributed by atoms with E-state index in [1.807, 2.05) is 31.2 Å². The number of hydrogen-bond acceptors (Lipinski definition) is 4. The van der Waals surface area contributed by atoms with E-state index in [0.717, 1.165) is 23.4 Å². The van der Waals surface area contributed by atoms with Crippen molar-refractivity contribution < 1.29 is 9.47 Å².